The van der Waals surface area contributed by atoms with Crippen molar-refractivity contribution in [3.8, 4) is 0 Å². The Morgan fingerprint density at radius 2 is 1.64 bits per heavy atom. The van der Waals surface area contributed by atoms with E-state index in [-0.39, 0.29) is 17.9 Å². The predicted octanol–water partition coefficient (Wildman–Crippen LogP) is 3.91. The van der Waals surface area contributed by atoms with Crippen molar-refractivity contribution < 1.29 is 13.2 Å². The summed E-state index contributed by atoms with van der Waals surface area (Å²) in [5.74, 6) is 0.936. The lowest BCUT2D eigenvalue weighted by Gasteiger charge is -2.34. The summed E-state index contributed by atoms with van der Waals surface area (Å²) in [6.07, 6.45) is 5.86. The van der Waals surface area contributed by atoms with Gasteiger partial charge in [-0.1, -0.05) is 45.7 Å². The van der Waals surface area contributed by atoms with Gasteiger partial charge in [-0.15, -0.1) is 0 Å². The quantitative estimate of drug-likeness (QED) is 0.806. The number of nitrogens with one attached hydrogen (secondary N) is 1. The van der Waals surface area contributed by atoms with Crippen LogP contribution in [0.5, 0.6) is 0 Å². The highest BCUT2D eigenvalue weighted by Gasteiger charge is 2.33. The molecule has 2 unspecified atom stereocenters. The largest absolute Gasteiger partial charge is 0.353 e. The standard InChI is InChI=1S/C22H34N2O3S/c1-16(2)18-8-10-20(11-9-18)28(26,27)24-14-12-19(13-15-24)22(25)23-21-7-5-4-6-17(21)3/h8-11,16-17,19,21H,4-7,12-15H2,1-3H3,(H,23,25). The summed E-state index contributed by atoms with van der Waals surface area (Å²) >= 11 is 0. The molecule has 6 heteroatoms. The summed E-state index contributed by atoms with van der Waals surface area (Å²) in [7, 11) is -3.49. The minimum absolute atomic E-state index is 0.0797. The van der Waals surface area contributed by atoms with Crippen molar-refractivity contribution in [2.75, 3.05) is 13.1 Å². The van der Waals surface area contributed by atoms with Crippen molar-refractivity contribution in [1.29, 1.82) is 0 Å². The van der Waals surface area contributed by atoms with Crippen LogP contribution in [-0.2, 0) is 14.8 Å². The van der Waals surface area contributed by atoms with Gasteiger partial charge in [0.2, 0.25) is 15.9 Å². The third-order valence-electron chi connectivity index (χ3n) is 6.45. The maximum atomic E-state index is 12.9. The van der Waals surface area contributed by atoms with Gasteiger partial charge in [0.05, 0.1) is 4.90 Å². The van der Waals surface area contributed by atoms with Crippen LogP contribution in [-0.4, -0.2) is 37.8 Å². The monoisotopic (exact) mass is 406 g/mol. The molecule has 1 amide bonds. The Morgan fingerprint density at radius 3 is 2.21 bits per heavy atom. The Morgan fingerprint density at radius 1 is 1.04 bits per heavy atom. The second kappa shape index (κ2) is 8.95. The molecule has 1 N–H and O–H groups in total. The van der Waals surface area contributed by atoms with E-state index in [1.165, 1.54) is 23.6 Å². The summed E-state index contributed by atoms with van der Waals surface area (Å²) in [6.45, 7) is 7.21. The average molecular weight is 407 g/mol. The molecule has 2 aliphatic rings. The van der Waals surface area contributed by atoms with Gasteiger partial charge in [0.1, 0.15) is 0 Å². The molecule has 1 aromatic carbocycles. The van der Waals surface area contributed by atoms with Crippen LogP contribution in [0.3, 0.4) is 0 Å². The minimum Gasteiger partial charge on any atom is -0.353 e. The fourth-order valence-electron chi connectivity index (χ4n) is 4.36. The Hall–Kier alpha value is -1.40. The van der Waals surface area contributed by atoms with Crippen LogP contribution in [0.4, 0.5) is 0 Å². The van der Waals surface area contributed by atoms with E-state index < -0.39 is 10.0 Å². The second-order valence-electron chi connectivity index (χ2n) is 8.78. The number of nitrogens with zero attached hydrogens (tertiary/aromatic N) is 1. The van der Waals surface area contributed by atoms with E-state index in [1.54, 1.807) is 12.1 Å². The van der Waals surface area contributed by atoms with Crippen LogP contribution < -0.4 is 5.32 Å². The summed E-state index contributed by atoms with van der Waals surface area (Å²) < 4.78 is 27.4. The lowest BCUT2D eigenvalue weighted by molar-refractivity contribution is -0.127. The first-order chi connectivity index (χ1) is 13.3. The Bertz CT molecular complexity index is 765. The van der Waals surface area contributed by atoms with Gasteiger partial charge in [-0.2, -0.15) is 4.31 Å². The highest BCUT2D eigenvalue weighted by Crippen LogP contribution is 2.27. The van der Waals surface area contributed by atoms with E-state index in [0.717, 1.165) is 12.0 Å². The molecule has 0 aromatic heterocycles. The third kappa shape index (κ3) is 4.77. The van der Waals surface area contributed by atoms with E-state index in [1.807, 2.05) is 12.1 Å². The molecule has 3 rings (SSSR count). The molecule has 2 atom stereocenters. The van der Waals surface area contributed by atoms with Gasteiger partial charge in [-0.05, 0) is 55.2 Å². The topological polar surface area (TPSA) is 66.5 Å². The first kappa shape index (κ1) is 21.3. The number of sulfonamides is 1. The van der Waals surface area contributed by atoms with Crippen molar-refractivity contribution in [3.63, 3.8) is 0 Å². The minimum atomic E-state index is -3.49. The van der Waals surface area contributed by atoms with Crippen molar-refractivity contribution in [3.05, 3.63) is 29.8 Å². The van der Waals surface area contributed by atoms with Gasteiger partial charge >= 0.3 is 0 Å². The maximum Gasteiger partial charge on any atom is 0.243 e. The SMILES string of the molecule is CC(C)c1ccc(S(=O)(=O)N2CCC(C(=O)NC3CCCCC3C)CC2)cc1. The molecule has 1 saturated heterocycles. The average Bonchev–Trinajstić information content (AvgIpc) is 2.70. The number of rotatable bonds is 5. The lowest BCUT2D eigenvalue weighted by atomic mass is 9.85. The van der Waals surface area contributed by atoms with Crippen molar-refractivity contribution in [2.24, 2.45) is 11.8 Å². The number of hydrogen-bond acceptors (Lipinski definition) is 3. The molecule has 0 bridgehead atoms. The summed E-state index contributed by atoms with van der Waals surface area (Å²) in [6, 6.07) is 7.47. The number of hydrogen-bond donors (Lipinski definition) is 1. The van der Waals surface area contributed by atoms with Gasteiger partial charge in [0, 0.05) is 25.0 Å². The Kier molecular flexibility index (Phi) is 6.81. The molecule has 1 saturated carbocycles. The second-order valence-corrected chi connectivity index (χ2v) is 10.7. The van der Waals surface area contributed by atoms with E-state index in [0.29, 0.717) is 42.7 Å². The van der Waals surface area contributed by atoms with Gasteiger partial charge in [0.15, 0.2) is 0 Å². The van der Waals surface area contributed by atoms with Gasteiger partial charge in [-0.3, -0.25) is 4.79 Å². The highest BCUT2D eigenvalue weighted by atomic mass is 32.2. The lowest BCUT2D eigenvalue weighted by Crippen LogP contribution is -2.47. The Labute approximate surface area is 169 Å². The third-order valence-corrected chi connectivity index (χ3v) is 8.36. The van der Waals surface area contributed by atoms with Crippen molar-refractivity contribution >= 4 is 15.9 Å². The molecule has 28 heavy (non-hydrogen) atoms. The maximum absolute atomic E-state index is 12.9. The van der Waals surface area contributed by atoms with Gasteiger partial charge in [0.25, 0.3) is 0 Å². The molecule has 1 aromatic rings. The zero-order chi connectivity index (χ0) is 20.3. The van der Waals surface area contributed by atoms with Crippen LogP contribution in [0.2, 0.25) is 0 Å². The Balaban J connectivity index is 1.57. The predicted molar refractivity (Wildman–Crippen MR) is 112 cm³/mol. The number of carbonyl (C=O) groups excluding carboxylic acids is 1. The number of carbonyl (C=O) groups is 1. The van der Waals surface area contributed by atoms with Gasteiger partial charge in [-0.25, -0.2) is 8.42 Å². The molecule has 1 aliphatic heterocycles. The molecule has 0 spiro atoms. The smallest absolute Gasteiger partial charge is 0.243 e. The molecular formula is C22H34N2O3S. The van der Waals surface area contributed by atoms with Gasteiger partial charge < -0.3 is 5.32 Å². The van der Waals surface area contributed by atoms with Crippen LogP contribution in [0.25, 0.3) is 0 Å². The number of piperidine rings is 1. The summed E-state index contributed by atoms with van der Waals surface area (Å²) in [4.78, 5) is 13.0. The molecule has 0 radical (unpaired) electrons. The number of amides is 1. The van der Waals surface area contributed by atoms with Crippen LogP contribution >= 0.6 is 0 Å². The molecule has 5 nitrogen and oxygen atoms in total. The van der Waals surface area contributed by atoms with E-state index in [9.17, 15) is 13.2 Å². The molecule has 1 heterocycles. The van der Waals surface area contributed by atoms with E-state index in [4.69, 9.17) is 0 Å². The normalized spacial score (nSPS) is 25.0. The van der Waals surface area contributed by atoms with Crippen LogP contribution in [0.15, 0.2) is 29.2 Å². The van der Waals surface area contributed by atoms with Crippen LogP contribution in [0, 0.1) is 11.8 Å². The fraction of sp³-hybridized carbons (Fsp3) is 0.682. The molecule has 2 fully saturated rings. The molecular weight excluding hydrogens is 372 g/mol. The fourth-order valence-corrected chi connectivity index (χ4v) is 5.83. The first-order valence-corrected chi connectivity index (χ1v) is 12.1. The molecule has 1 aliphatic carbocycles. The van der Waals surface area contributed by atoms with E-state index in [2.05, 4.69) is 26.1 Å². The highest BCUT2D eigenvalue weighted by molar-refractivity contribution is 7.89. The number of benzene rings is 1. The molecule has 156 valence electrons. The summed E-state index contributed by atoms with van der Waals surface area (Å²) in [5, 5.41) is 3.23. The van der Waals surface area contributed by atoms with E-state index >= 15 is 0 Å². The zero-order valence-electron chi connectivity index (χ0n) is 17.4. The summed E-state index contributed by atoms with van der Waals surface area (Å²) in [5.41, 5.74) is 1.13. The zero-order valence-corrected chi connectivity index (χ0v) is 18.2. The van der Waals surface area contributed by atoms with Crippen molar-refractivity contribution in [1.82, 2.24) is 9.62 Å². The van der Waals surface area contributed by atoms with Crippen molar-refractivity contribution in [2.45, 2.75) is 76.2 Å². The van der Waals surface area contributed by atoms with Crippen LogP contribution in [0.1, 0.15) is 70.8 Å². The first-order valence-electron chi connectivity index (χ1n) is 10.7.